The van der Waals surface area contributed by atoms with Gasteiger partial charge in [-0.15, -0.1) is 0 Å². The van der Waals surface area contributed by atoms with Crippen molar-refractivity contribution in [2.24, 2.45) is 0 Å². The lowest BCUT2D eigenvalue weighted by Gasteiger charge is -2.22. The number of nitrogens with one attached hydrogen (secondary N) is 1. The van der Waals surface area contributed by atoms with Gasteiger partial charge in [0, 0.05) is 10.5 Å². The Morgan fingerprint density at radius 2 is 1.42 bits per heavy atom. The van der Waals surface area contributed by atoms with E-state index < -0.39 is 19.9 Å². The van der Waals surface area contributed by atoms with Gasteiger partial charge in [-0.1, -0.05) is 41.3 Å². The third-order valence-corrected chi connectivity index (χ3v) is 8.29. The third kappa shape index (κ3) is 4.36. The Labute approximate surface area is 162 Å². The highest BCUT2D eigenvalue weighted by Crippen LogP contribution is 2.25. The SMILES string of the molecule is O=S(=O)(NC1CCCCC1)c1cccc(S(=O)(=O)c2ccc(Br)cc2)c1. The van der Waals surface area contributed by atoms with E-state index in [9.17, 15) is 16.8 Å². The average molecular weight is 458 g/mol. The van der Waals surface area contributed by atoms with E-state index in [0.29, 0.717) is 0 Å². The Morgan fingerprint density at radius 1 is 0.808 bits per heavy atom. The second-order valence-corrected chi connectivity index (χ2v) is 11.0. The summed E-state index contributed by atoms with van der Waals surface area (Å²) in [4.78, 5) is 0.0584. The topological polar surface area (TPSA) is 80.3 Å². The fourth-order valence-electron chi connectivity index (χ4n) is 3.07. The van der Waals surface area contributed by atoms with Crippen molar-refractivity contribution in [2.45, 2.75) is 52.8 Å². The van der Waals surface area contributed by atoms with E-state index in [1.165, 1.54) is 36.4 Å². The number of hydrogen-bond donors (Lipinski definition) is 1. The molecule has 1 aliphatic rings. The smallest absolute Gasteiger partial charge is 0.219 e. The van der Waals surface area contributed by atoms with Gasteiger partial charge in [-0.2, -0.15) is 0 Å². The molecule has 0 amide bonds. The van der Waals surface area contributed by atoms with Crippen molar-refractivity contribution in [3.8, 4) is 0 Å². The maximum atomic E-state index is 12.8. The first-order chi connectivity index (χ1) is 12.3. The van der Waals surface area contributed by atoms with Gasteiger partial charge in [-0.25, -0.2) is 21.6 Å². The molecule has 1 aliphatic carbocycles. The van der Waals surface area contributed by atoms with E-state index in [0.717, 1.165) is 36.6 Å². The van der Waals surface area contributed by atoms with Crippen LogP contribution >= 0.6 is 15.9 Å². The summed E-state index contributed by atoms with van der Waals surface area (Å²) in [6, 6.07) is 11.7. The highest BCUT2D eigenvalue weighted by atomic mass is 79.9. The molecule has 1 N–H and O–H groups in total. The Kier molecular flexibility index (Phi) is 5.86. The minimum atomic E-state index is -3.78. The largest absolute Gasteiger partial charge is 0.240 e. The van der Waals surface area contributed by atoms with Gasteiger partial charge in [0.15, 0.2) is 0 Å². The molecule has 0 aliphatic heterocycles. The fraction of sp³-hybridized carbons (Fsp3) is 0.333. The number of sulfone groups is 1. The second-order valence-electron chi connectivity index (χ2n) is 6.39. The highest BCUT2D eigenvalue weighted by molar-refractivity contribution is 9.10. The van der Waals surface area contributed by atoms with Crippen molar-refractivity contribution in [3.05, 3.63) is 53.0 Å². The lowest BCUT2D eigenvalue weighted by atomic mass is 9.96. The Hall–Kier alpha value is -1.22. The molecule has 2 aromatic carbocycles. The molecule has 1 fully saturated rings. The van der Waals surface area contributed by atoms with Crippen LogP contribution in [0.4, 0.5) is 0 Å². The normalized spacial score (nSPS) is 16.5. The van der Waals surface area contributed by atoms with Gasteiger partial charge < -0.3 is 0 Å². The predicted molar refractivity (Wildman–Crippen MR) is 103 cm³/mol. The van der Waals surface area contributed by atoms with Gasteiger partial charge in [0.25, 0.3) is 0 Å². The van der Waals surface area contributed by atoms with Crippen LogP contribution in [0.5, 0.6) is 0 Å². The molecule has 0 spiro atoms. The molecule has 1 saturated carbocycles. The summed E-state index contributed by atoms with van der Waals surface area (Å²) in [6.07, 6.45) is 4.77. The maximum absolute atomic E-state index is 12.8. The number of rotatable bonds is 5. The lowest BCUT2D eigenvalue weighted by molar-refractivity contribution is 0.412. The predicted octanol–water partition coefficient (Wildman–Crippen LogP) is 3.89. The first-order valence-electron chi connectivity index (χ1n) is 8.42. The van der Waals surface area contributed by atoms with Gasteiger partial charge in [0.1, 0.15) is 0 Å². The first-order valence-corrected chi connectivity index (χ1v) is 12.2. The number of sulfonamides is 1. The quantitative estimate of drug-likeness (QED) is 0.737. The molecule has 0 bridgehead atoms. The molecule has 0 heterocycles. The van der Waals surface area contributed by atoms with Gasteiger partial charge in [-0.3, -0.25) is 0 Å². The van der Waals surface area contributed by atoms with Crippen molar-refractivity contribution in [3.63, 3.8) is 0 Å². The van der Waals surface area contributed by atoms with Crippen LogP contribution in [0.1, 0.15) is 32.1 Å². The van der Waals surface area contributed by atoms with Crippen LogP contribution in [0, 0.1) is 0 Å². The first kappa shape index (κ1) is 19.5. The van der Waals surface area contributed by atoms with Gasteiger partial charge >= 0.3 is 0 Å². The summed E-state index contributed by atoms with van der Waals surface area (Å²) in [7, 11) is -7.54. The molecule has 26 heavy (non-hydrogen) atoms. The highest BCUT2D eigenvalue weighted by Gasteiger charge is 2.24. The Bertz CT molecular complexity index is 980. The standard InChI is InChI=1S/C18H20BrNO4S2/c19-14-9-11-16(12-10-14)25(21,22)17-7-4-8-18(13-17)26(23,24)20-15-5-2-1-3-6-15/h4,7-13,15,20H,1-3,5-6H2. The minimum absolute atomic E-state index is 0.0266. The van der Waals surface area contributed by atoms with Gasteiger partial charge in [0.2, 0.25) is 19.9 Å². The molecule has 8 heteroatoms. The van der Waals surface area contributed by atoms with Gasteiger partial charge in [0.05, 0.1) is 14.7 Å². The summed E-state index contributed by atoms with van der Waals surface area (Å²) < 4.78 is 54.3. The van der Waals surface area contributed by atoms with Crippen LogP contribution in [0.2, 0.25) is 0 Å². The monoisotopic (exact) mass is 457 g/mol. The summed E-state index contributed by atoms with van der Waals surface area (Å²) >= 11 is 3.27. The summed E-state index contributed by atoms with van der Waals surface area (Å²) in [6.45, 7) is 0. The molecular weight excluding hydrogens is 438 g/mol. The fourth-order valence-corrected chi connectivity index (χ4v) is 6.06. The van der Waals surface area contributed by atoms with E-state index in [1.807, 2.05) is 0 Å². The minimum Gasteiger partial charge on any atom is -0.219 e. The number of hydrogen-bond acceptors (Lipinski definition) is 4. The summed E-state index contributed by atoms with van der Waals surface area (Å²) in [5, 5.41) is 0. The zero-order chi connectivity index (χ0) is 18.8. The van der Waals surface area contributed by atoms with E-state index in [1.54, 1.807) is 12.1 Å². The van der Waals surface area contributed by atoms with Crippen LogP contribution in [0.3, 0.4) is 0 Å². The second kappa shape index (κ2) is 7.80. The molecule has 0 unspecified atom stereocenters. The van der Waals surface area contributed by atoms with Crippen molar-refractivity contribution >= 4 is 35.8 Å². The molecule has 3 rings (SSSR count). The zero-order valence-corrected chi connectivity index (χ0v) is 17.3. The van der Waals surface area contributed by atoms with Crippen molar-refractivity contribution in [2.75, 3.05) is 0 Å². The van der Waals surface area contributed by atoms with Gasteiger partial charge in [-0.05, 0) is 55.3 Å². The molecule has 0 aromatic heterocycles. The molecule has 0 radical (unpaired) electrons. The molecule has 140 valence electrons. The van der Waals surface area contributed by atoms with E-state index in [2.05, 4.69) is 20.7 Å². The van der Waals surface area contributed by atoms with Crippen LogP contribution < -0.4 is 4.72 Å². The Balaban J connectivity index is 1.91. The molecular formula is C18H20BrNO4S2. The maximum Gasteiger partial charge on any atom is 0.240 e. The summed E-state index contributed by atoms with van der Waals surface area (Å²) in [5.74, 6) is 0. The average Bonchev–Trinajstić information content (AvgIpc) is 2.63. The number of benzene rings is 2. The van der Waals surface area contributed by atoms with Crippen molar-refractivity contribution < 1.29 is 16.8 Å². The van der Waals surface area contributed by atoms with Crippen molar-refractivity contribution in [1.82, 2.24) is 4.72 Å². The third-order valence-electron chi connectivity index (χ3n) is 4.48. The van der Waals surface area contributed by atoms with Crippen LogP contribution in [-0.2, 0) is 19.9 Å². The summed E-state index contributed by atoms with van der Waals surface area (Å²) in [5.41, 5.74) is 0. The lowest BCUT2D eigenvalue weighted by Crippen LogP contribution is -2.36. The van der Waals surface area contributed by atoms with Crippen LogP contribution in [0.25, 0.3) is 0 Å². The molecule has 5 nitrogen and oxygen atoms in total. The van der Waals surface area contributed by atoms with E-state index in [-0.39, 0.29) is 20.7 Å². The molecule has 0 atom stereocenters. The van der Waals surface area contributed by atoms with Crippen LogP contribution in [0.15, 0.2) is 67.7 Å². The number of halogens is 1. The molecule has 2 aromatic rings. The van der Waals surface area contributed by atoms with E-state index >= 15 is 0 Å². The van der Waals surface area contributed by atoms with Crippen molar-refractivity contribution in [1.29, 1.82) is 0 Å². The van der Waals surface area contributed by atoms with E-state index in [4.69, 9.17) is 0 Å². The zero-order valence-electron chi connectivity index (χ0n) is 14.1. The molecule has 0 saturated heterocycles. The van der Waals surface area contributed by atoms with Crippen LogP contribution in [-0.4, -0.2) is 22.9 Å². The Morgan fingerprint density at radius 3 is 2.08 bits per heavy atom.